The van der Waals surface area contributed by atoms with Crippen molar-refractivity contribution in [2.24, 2.45) is 0 Å². The minimum atomic E-state index is -6.96. The Kier molecular flexibility index (Phi) is 4.49. The largest absolute Gasteiger partial charge is 0.810 e. The Hall–Kier alpha value is -1.12. The van der Waals surface area contributed by atoms with E-state index in [9.17, 15) is 45.1 Å². The van der Waals surface area contributed by atoms with Crippen LogP contribution in [0.1, 0.15) is 12.0 Å². The van der Waals surface area contributed by atoms with E-state index in [0.29, 0.717) is 12.1 Å². The molecule has 0 saturated heterocycles. The molecule has 0 aliphatic carbocycles. The predicted molar refractivity (Wildman–Crippen MR) is 52.4 cm³/mol. The average Bonchev–Trinajstić information content (AvgIpc) is 2.22. The van der Waals surface area contributed by atoms with Crippen LogP contribution >= 0.6 is 7.60 Å². The Morgan fingerprint density at radius 1 is 1.00 bits per heavy atom. The molecule has 0 aromatic heterocycles. The van der Waals surface area contributed by atoms with E-state index >= 15 is 0 Å². The SMILES string of the molecule is O=P([O-])([O-])C(CC(F)(F)F)(c1ccccc1F)C(F)(F)F. The third-order valence-corrected chi connectivity index (χ3v) is 4.30. The van der Waals surface area contributed by atoms with Gasteiger partial charge < -0.3 is 14.4 Å². The van der Waals surface area contributed by atoms with Crippen LogP contribution < -0.4 is 9.79 Å². The van der Waals surface area contributed by atoms with Crippen LogP contribution in [-0.2, 0) is 9.72 Å². The summed E-state index contributed by atoms with van der Waals surface area (Å²) < 4.78 is 101. The first kappa shape index (κ1) is 17.9. The molecule has 0 radical (unpaired) electrons. The molecule has 120 valence electrons. The van der Waals surface area contributed by atoms with Crippen LogP contribution in [0.2, 0.25) is 0 Å². The van der Waals surface area contributed by atoms with Gasteiger partial charge in [-0.1, -0.05) is 18.2 Å². The summed E-state index contributed by atoms with van der Waals surface area (Å²) in [5.74, 6) is -1.87. The van der Waals surface area contributed by atoms with Gasteiger partial charge in [-0.3, -0.25) is 0 Å². The van der Waals surface area contributed by atoms with Crippen LogP contribution in [0.3, 0.4) is 0 Å². The topological polar surface area (TPSA) is 63.2 Å². The zero-order chi connectivity index (χ0) is 16.7. The number of hydrogen-bond donors (Lipinski definition) is 0. The van der Waals surface area contributed by atoms with Gasteiger partial charge in [-0.2, -0.15) is 26.3 Å². The van der Waals surface area contributed by atoms with Gasteiger partial charge in [0, 0.05) is 5.56 Å². The number of rotatable bonds is 3. The van der Waals surface area contributed by atoms with Gasteiger partial charge in [-0.05, 0) is 13.7 Å². The van der Waals surface area contributed by atoms with E-state index in [1.54, 1.807) is 0 Å². The molecule has 21 heavy (non-hydrogen) atoms. The Labute approximate surface area is 113 Å². The lowest BCUT2D eigenvalue weighted by Crippen LogP contribution is -2.51. The van der Waals surface area contributed by atoms with Crippen LogP contribution in [0.25, 0.3) is 0 Å². The van der Waals surface area contributed by atoms with Gasteiger partial charge in [0.05, 0.1) is 6.42 Å². The van der Waals surface area contributed by atoms with E-state index in [1.165, 1.54) is 0 Å². The molecule has 1 atom stereocenters. The van der Waals surface area contributed by atoms with Gasteiger partial charge in [0.1, 0.15) is 11.0 Å². The second-order valence-corrected chi connectivity index (χ2v) is 5.89. The molecule has 11 heteroatoms. The van der Waals surface area contributed by atoms with Crippen LogP contribution in [0, 0.1) is 5.82 Å². The van der Waals surface area contributed by atoms with Gasteiger partial charge in [0.25, 0.3) is 0 Å². The number of alkyl halides is 6. The summed E-state index contributed by atoms with van der Waals surface area (Å²) in [6.45, 7) is 0. The van der Waals surface area contributed by atoms with Gasteiger partial charge in [0.2, 0.25) is 0 Å². The van der Waals surface area contributed by atoms with Crippen molar-refractivity contribution in [3.05, 3.63) is 35.6 Å². The molecule has 1 aromatic carbocycles. The van der Waals surface area contributed by atoms with Gasteiger partial charge in [-0.15, -0.1) is 0 Å². The highest BCUT2D eigenvalue weighted by Crippen LogP contribution is 2.64. The summed E-state index contributed by atoms with van der Waals surface area (Å²) in [4.78, 5) is 22.0. The highest BCUT2D eigenvalue weighted by Gasteiger charge is 2.63. The standard InChI is InChI=1S/C10H8F7O3P/c11-7-4-2-1-3-6(7)8(10(15,16)17,21(18,19)20)5-9(12,13)14/h1-4H,5H2,(H2,18,19,20)/p-2. The molecule has 0 amide bonds. The van der Waals surface area contributed by atoms with Crippen molar-refractivity contribution in [3.8, 4) is 0 Å². The molecule has 1 rings (SSSR count). The summed E-state index contributed by atoms with van der Waals surface area (Å²) in [6.07, 6.45) is -14.9. The number of hydrogen-bond acceptors (Lipinski definition) is 3. The first-order valence-electron chi connectivity index (χ1n) is 5.13. The molecular weight excluding hydrogens is 332 g/mol. The molecule has 3 nitrogen and oxygen atoms in total. The van der Waals surface area contributed by atoms with Crippen molar-refractivity contribution in [1.82, 2.24) is 0 Å². The zero-order valence-corrected chi connectivity index (χ0v) is 10.7. The summed E-state index contributed by atoms with van der Waals surface area (Å²) in [5.41, 5.74) is -1.87. The number of halogens is 7. The first-order valence-corrected chi connectivity index (χ1v) is 6.67. The zero-order valence-electron chi connectivity index (χ0n) is 9.83. The Morgan fingerprint density at radius 3 is 1.81 bits per heavy atom. The van der Waals surface area contributed by atoms with Gasteiger partial charge in [-0.25, -0.2) is 4.39 Å². The molecule has 0 saturated carbocycles. The lowest BCUT2D eigenvalue weighted by molar-refractivity contribution is -0.340. The van der Waals surface area contributed by atoms with Crippen LogP contribution in [0.5, 0.6) is 0 Å². The normalized spacial score (nSPS) is 16.6. The Morgan fingerprint density at radius 2 is 1.48 bits per heavy atom. The smallest absolute Gasteiger partial charge is 0.403 e. The second kappa shape index (κ2) is 5.26. The van der Waals surface area contributed by atoms with Crippen molar-refractivity contribution >= 4 is 7.60 Å². The third kappa shape index (κ3) is 3.38. The molecule has 0 bridgehead atoms. The van der Waals surface area contributed by atoms with Gasteiger partial charge in [0.15, 0.2) is 0 Å². The number of benzene rings is 1. The monoisotopic (exact) mass is 338 g/mol. The second-order valence-electron chi connectivity index (χ2n) is 4.13. The summed E-state index contributed by atoms with van der Waals surface area (Å²) in [5, 5.41) is -4.91. The maximum Gasteiger partial charge on any atom is 0.403 e. The Balaban J connectivity index is 3.78. The summed E-state index contributed by atoms with van der Waals surface area (Å²) in [6, 6.07) is 2.07. The molecule has 0 heterocycles. The maximum absolute atomic E-state index is 13.5. The average molecular weight is 338 g/mol. The molecule has 1 aromatic rings. The highest BCUT2D eigenvalue weighted by atomic mass is 31.2. The molecular formula is C10H6F7O3P-2. The molecule has 0 fully saturated rings. The van der Waals surface area contributed by atoms with Crippen molar-refractivity contribution in [1.29, 1.82) is 0 Å². The molecule has 0 spiro atoms. The van der Waals surface area contributed by atoms with Crippen molar-refractivity contribution in [2.75, 3.05) is 0 Å². The van der Waals surface area contributed by atoms with Crippen molar-refractivity contribution in [3.63, 3.8) is 0 Å². The first-order chi connectivity index (χ1) is 9.22. The fourth-order valence-corrected chi connectivity index (χ4v) is 2.99. The molecule has 0 N–H and O–H groups in total. The summed E-state index contributed by atoms with van der Waals surface area (Å²) in [7, 11) is -6.96. The fraction of sp³-hybridized carbons (Fsp3) is 0.400. The maximum atomic E-state index is 13.5. The van der Waals surface area contributed by atoms with E-state index < -0.39 is 42.9 Å². The van der Waals surface area contributed by atoms with Crippen LogP contribution in [-0.4, -0.2) is 12.4 Å². The predicted octanol–water partition coefficient (Wildman–Crippen LogP) is 2.45. The lowest BCUT2D eigenvalue weighted by atomic mass is 9.93. The molecule has 1 unspecified atom stereocenters. The van der Waals surface area contributed by atoms with Crippen molar-refractivity contribution < 1.29 is 45.1 Å². The van der Waals surface area contributed by atoms with Crippen LogP contribution in [0.4, 0.5) is 30.7 Å². The van der Waals surface area contributed by atoms with E-state index in [1.807, 2.05) is 0 Å². The highest BCUT2D eigenvalue weighted by molar-refractivity contribution is 7.50. The minimum Gasteiger partial charge on any atom is -0.810 e. The lowest BCUT2D eigenvalue weighted by Gasteiger charge is -2.50. The molecule has 0 aliphatic rings. The molecule has 0 aliphatic heterocycles. The third-order valence-electron chi connectivity index (χ3n) is 2.71. The Bertz CT molecular complexity index is 563. The summed E-state index contributed by atoms with van der Waals surface area (Å²) >= 11 is 0. The fourth-order valence-electron chi connectivity index (χ4n) is 1.83. The quantitative estimate of drug-likeness (QED) is 0.628. The van der Waals surface area contributed by atoms with Crippen molar-refractivity contribution in [2.45, 2.75) is 23.9 Å². The van der Waals surface area contributed by atoms with Gasteiger partial charge >= 0.3 is 12.4 Å². The van der Waals surface area contributed by atoms with E-state index in [4.69, 9.17) is 0 Å². The minimum absolute atomic E-state index is 0.191. The van der Waals surface area contributed by atoms with E-state index in [2.05, 4.69) is 0 Å². The van der Waals surface area contributed by atoms with E-state index in [-0.39, 0.29) is 6.07 Å². The van der Waals surface area contributed by atoms with Crippen LogP contribution in [0.15, 0.2) is 24.3 Å². The van der Waals surface area contributed by atoms with E-state index in [0.717, 1.165) is 6.07 Å².